The monoisotopic (exact) mass is 434 g/mol. The van der Waals surface area contributed by atoms with Gasteiger partial charge in [-0.25, -0.2) is 14.4 Å². The van der Waals surface area contributed by atoms with Crippen LogP contribution in [0.1, 0.15) is 19.4 Å². The summed E-state index contributed by atoms with van der Waals surface area (Å²) in [7, 11) is 4.47. The van der Waals surface area contributed by atoms with Crippen molar-refractivity contribution in [3.63, 3.8) is 0 Å². The van der Waals surface area contributed by atoms with E-state index >= 15 is 0 Å². The second kappa shape index (κ2) is 10.9. The van der Waals surface area contributed by atoms with E-state index in [9.17, 15) is 14.4 Å². The van der Waals surface area contributed by atoms with Crippen molar-refractivity contribution in [1.82, 2.24) is 10.6 Å². The average Bonchev–Trinajstić information content (AvgIpc) is 2.74. The molecule has 0 fully saturated rings. The highest BCUT2D eigenvalue weighted by atomic mass is 16.5. The summed E-state index contributed by atoms with van der Waals surface area (Å²) in [5, 5.41) is 5.06. The summed E-state index contributed by atoms with van der Waals surface area (Å²) in [6.07, 6.45) is 2.72. The smallest absolute Gasteiger partial charge is 0.338 e. The summed E-state index contributed by atoms with van der Waals surface area (Å²) < 4.78 is 26.0. The standard InChI is InChI=1S/C21H26N2O8/c1-6-30-20(25)18-12(2)22-21(26)23-14(18)11-31-17(24)8-7-13-9-15(27-3)19(29-5)16(10-13)28-4/h7-10,12H,6,11H2,1-5H3,(H2,22,23,26)/b8-7+/t12-/m1/s1. The second-order valence-electron chi connectivity index (χ2n) is 6.33. The van der Waals surface area contributed by atoms with Gasteiger partial charge >= 0.3 is 18.0 Å². The van der Waals surface area contributed by atoms with Gasteiger partial charge in [-0.15, -0.1) is 0 Å². The van der Waals surface area contributed by atoms with Gasteiger partial charge in [0.15, 0.2) is 11.5 Å². The molecule has 2 rings (SSSR count). The molecular formula is C21H26N2O8. The third-order valence-electron chi connectivity index (χ3n) is 4.32. The Morgan fingerprint density at radius 3 is 2.26 bits per heavy atom. The molecule has 0 saturated heterocycles. The lowest BCUT2D eigenvalue weighted by Gasteiger charge is -2.26. The van der Waals surface area contributed by atoms with Crippen LogP contribution in [-0.2, 0) is 19.1 Å². The van der Waals surface area contributed by atoms with Crippen molar-refractivity contribution in [1.29, 1.82) is 0 Å². The van der Waals surface area contributed by atoms with Crippen LogP contribution in [0.15, 0.2) is 29.5 Å². The molecule has 0 unspecified atom stereocenters. The summed E-state index contributed by atoms with van der Waals surface area (Å²) in [6.45, 7) is 3.18. The number of esters is 2. The van der Waals surface area contributed by atoms with E-state index in [0.717, 1.165) is 0 Å². The number of benzene rings is 1. The lowest BCUT2D eigenvalue weighted by atomic mass is 10.0. The predicted molar refractivity (Wildman–Crippen MR) is 111 cm³/mol. The summed E-state index contributed by atoms with van der Waals surface area (Å²) in [5.41, 5.74) is 0.980. The number of ether oxygens (including phenoxy) is 5. The maximum atomic E-state index is 12.2. The van der Waals surface area contributed by atoms with E-state index in [2.05, 4.69) is 10.6 Å². The topological polar surface area (TPSA) is 121 Å². The Morgan fingerprint density at radius 1 is 1.06 bits per heavy atom. The zero-order chi connectivity index (χ0) is 23.0. The first kappa shape index (κ1) is 23.6. The molecule has 10 heteroatoms. The molecule has 1 aliphatic rings. The lowest BCUT2D eigenvalue weighted by molar-refractivity contribution is -0.140. The highest BCUT2D eigenvalue weighted by molar-refractivity contribution is 5.95. The van der Waals surface area contributed by atoms with E-state index in [1.165, 1.54) is 33.5 Å². The Hall–Kier alpha value is -3.69. The highest BCUT2D eigenvalue weighted by Gasteiger charge is 2.30. The summed E-state index contributed by atoms with van der Waals surface area (Å²) in [6, 6.07) is 2.25. The molecule has 0 radical (unpaired) electrons. The minimum Gasteiger partial charge on any atom is -0.493 e. The number of methoxy groups -OCH3 is 3. The normalized spacial score (nSPS) is 15.8. The van der Waals surface area contributed by atoms with Gasteiger partial charge in [-0.05, 0) is 37.6 Å². The maximum Gasteiger partial charge on any atom is 0.338 e. The van der Waals surface area contributed by atoms with Crippen LogP contribution in [0.4, 0.5) is 4.79 Å². The molecule has 1 aromatic carbocycles. The molecule has 168 valence electrons. The largest absolute Gasteiger partial charge is 0.493 e. The minimum atomic E-state index is -0.676. The van der Waals surface area contributed by atoms with Crippen molar-refractivity contribution in [3.8, 4) is 17.2 Å². The summed E-state index contributed by atoms with van der Waals surface area (Å²) in [5.74, 6) is 0.0290. The van der Waals surface area contributed by atoms with Crippen molar-refractivity contribution in [2.45, 2.75) is 19.9 Å². The molecular weight excluding hydrogens is 408 g/mol. The van der Waals surface area contributed by atoms with Gasteiger partial charge in [0.1, 0.15) is 6.61 Å². The van der Waals surface area contributed by atoms with Crippen molar-refractivity contribution < 1.29 is 38.1 Å². The Balaban J connectivity index is 2.15. The number of amides is 2. The molecule has 0 bridgehead atoms. The zero-order valence-electron chi connectivity index (χ0n) is 18.1. The SMILES string of the molecule is CCOC(=O)C1=C(COC(=O)/C=C/c2cc(OC)c(OC)c(OC)c2)NC(=O)N[C@@H]1C. The summed E-state index contributed by atoms with van der Waals surface area (Å²) >= 11 is 0. The van der Waals surface area contributed by atoms with Crippen LogP contribution in [0, 0.1) is 0 Å². The van der Waals surface area contributed by atoms with Gasteiger partial charge < -0.3 is 34.3 Å². The molecule has 0 aromatic heterocycles. The fourth-order valence-corrected chi connectivity index (χ4v) is 2.95. The van der Waals surface area contributed by atoms with E-state index < -0.39 is 24.0 Å². The van der Waals surface area contributed by atoms with E-state index in [4.69, 9.17) is 23.7 Å². The molecule has 1 heterocycles. The number of hydrogen-bond donors (Lipinski definition) is 2. The van der Waals surface area contributed by atoms with Crippen LogP contribution in [0.3, 0.4) is 0 Å². The third kappa shape index (κ3) is 5.91. The van der Waals surface area contributed by atoms with Crippen molar-refractivity contribution in [2.24, 2.45) is 0 Å². The number of rotatable bonds is 9. The van der Waals surface area contributed by atoms with Gasteiger partial charge in [0.25, 0.3) is 0 Å². The Kier molecular flexibility index (Phi) is 8.30. The number of hydrogen-bond acceptors (Lipinski definition) is 8. The zero-order valence-corrected chi connectivity index (χ0v) is 18.1. The highest BCUT2D eigenvalue weighted by Crippen LogP contribution is 2.38. The summed E-state index contributed by atoms with van der Waals surface area (Å²) in [4.78, 5) is 36.1. The quantitative estimate of drug-likeness (QED) is 0.446. The fourth-order valence-electron chi connectivity index (χ4n) is 2.95. The van der Waals surface area contributed by atoms with Crippen molar-refractivity contribution in [3.05, 3.63) is 35.0 Å². The molecule has 1 atom stereocenters. The average molecular weight is 434 g/mol. The van der Waals surface area contributed by atoms with Gasteiger partial charge in [-0.3, -0.25) is 0 Å². The Labute approximate surface area is 180 Å². The third-order valence-corrected chi connectivity index (χ3v) is 4.32. The van der Waals surface area contributed by atoms with Crippen LogP contribution in [0.2, 0.25) is 0 Å². The molecule has 0 aliphatic carbocycles. The number of carbonyl (C=O) groups is 3. The first-order valence-electron chi connectivity index (χ1n) is 9.47. The van der Waals surface area contributed by atoms with Crippen LogP contribution in [-0.4, -0.2) is 58.6 Å². The fraction of sp³-hybridized carbons (Fsp3) is 0.381. The number of carbonyl (C=O) groups excluding carboxylic acids is 3. The first-order chi connectivity index (χ1) is 14.8. The molecule has 10 nitrogen and oxygen atoms in total. The second-order valence-corrected chi connectivity index (χ2v) is 6.33. The van der Waals surface area contributed by atoms with E-state index in [1.54, 1.807) is 26.0 Å². The van der Waals surface area contributed by atoms with Gasteiger partial charge in [0, 0.05) is 6.08 Å². The van der Waals surface area contributed by atoms with Crippen molar-refractivity contribution >= 4 is 24.0 Å². The van der Waals surface area contributed by atoms with E-state index in [-0.39, 0.29) is 24.5 Å². The molecule has 2 N–H and O–H groups in total. The molecule has 2 amide bonds. The molecule has 0 saturated carbocycles. The van der Waals surface area contributed by atoms with Crippen LogP contribution in [0.5, 0.6) is 17.2 Å². The number of urea groups is 1. The van der Waals surface area contributed by atoms with Gasteiger partial charge in [0.05, 0.1) is 45.2 Å². The lowest BCUT2D eigenvalue weighted by Crippen LogP contribution is -2.50. The van der Waals surface area contributed by atoms with Crippen molar-refractivity contribution in [2.75, 3.05) is 34.5 Å². The van der Waals surface area contributed by atoms with Crippen LogP contribution >= 0.6 is 0 Å². The van der Waals surface area contributed by atoms with Crippen LogP contribution < -0.4 is 24.8 Å². The van der Waals surface area contributed by atoms with Crippen LogP contribution in [0.25, 0.3) is 6.08 Å². The molecule has 0 spiro atoms. The molecule has 31 heavy (non-hydrogen) atoms. The Bertz CT molecular complexity index is 882. The van der Waals surface area contributed by atoms with Gasteiger partial charge in [-0.2, -0.15) is 0 Å². The van der Waals surface area contributed by atoms with Gasteiger partial charge in [-0.1, -0.05) is 0 Å². The molecule has 1 aromatic rings. The number of nitrogens with one attached hydrogen (secondary N) is 2. The predicted octanol–water partition coefficient (Wildman–Crippen LogP) is 1.79. The molecule has 1 aliphatic heterocycles. The first-order valence-corrected chi connectivity index (χ1v) is 9.47. The van der Waals surface area contributed by atoms with E-state index in [0.29, 0.717) is 22.8 Å². The Morgan fingerprint density at radius 2 is 1.71 bits per heavy atom. The van der Waals surface area contributed by atoms with E-state index in [1.807, 2.05) is 0 Å². The minimum absolute atomic E-state index is 0.171. The van der Waals surface area contributed by atoms with Gasteiger partial charge in [0.2, 0.25) is 5.75 Å². The maximum absolute atomic E-state index is 12.2.